The van der Waals surface area contributed by atoms with Crippen molar-refractivity contribution < 1.29 is 0 Å². The molecule has 2 aromatic heterocycles. The van der Waals surface area contributed by atoms with Crippen LogP contribution in [0.25, 0.3) is 11.1 Å². The molecule has 0 bridgehead atoms. The molecular formula is C20H22ClN3S. The third-order valence-corrected chi connectivity index (χ3v) is 5.49. The van der Waals surface area contributed by atoms with Gasteiger partial charge in [0.2, 0.25) is 0 Å². The lowest BCUT2D eigenvalue weighted by Gasteiger charge is -2.36. The van der Waals surface area contributed by atoms with Gasteiger partial charge in [-0.2, -0.15) is 0 Å². The maximum atomic E-state index is 4.15. The van der Waals surface area contributed by atoms with E-state index in [1.165, 1.54) is 21.6 Å². The normalized spacial score (nSPS) is 17.8. The molecule has 1 aliphatic heterocycles. The van der Waals surface area contributed by atoms with Crippen LogP contribution < -0.4 is 5.32 Å². The number of rotatable bonds is 4. The van der Waals surface area contributed by atoms with E-state index >= 15 is 0 Å². The van der Waals surface area contributed by atoms with Crippen LogP contribution >= 0.6 is 23.7 Å². The Morgan fingerprint density at radius 3 is 2.68 bits per heavy atom. The first-order chi connectivity index (χ1) is 11.9. The number of aromatic nitrogens is 1. The van der Waals surface area contributed by atoms with Crippen molar-refractivity contribution >= 4 is 23.7 Å². The van der Waals surface area contributed by atoms with Gasteiger partial charge in [0, 0.05) is 49.5 Å². The summed E-state index contributed by atoms with van der Waals surface area (Å²) < 4.78 is 0. The van der Waals surface area contributed by atoms with Gasteiger partial charge in [-0.25, -0.2) is 0 Å². The van der Waals surface area contributed by atoms with E-state index in [0.717, 1.165) is 26.2 Å². The van der Waals surface area contributed by atoms with Gasteiger partial charge in [-0.05, 0) is 40.3 Å². The molecule has 130 valence electrons. The monoisotopic (exact) mass is 371 g/mol. The molecule has 1 saturated heterocycles. The van der Waals surface area contributed by atoms with Crippen LogP contribution in [0.5, 0.6) is 0 Å². The average Bonchev–Trinajstić information content (AvgIpc) is 3.12. The molecule has 1 fully saturated rings. The fourth-order valence-electron chi connectivity index (χ4n) is 3.30. The van der Waals surface area contributed by atoms with Crippen LogP contribution in [0.2, 0.25) is 0 Å². The smallest absolute Gasteiger partial charge is 0.0478 e. The SMILES string of the molecule is Cl.c1ccc(-c2csc(CN3CCNCC3c3ccncc3)c2)cc1. The maximum absolute atomic E-state index is 4.15. The van der Waals surface area contributed by atoms with Crippen LogP contribution in [0.4, 0.5) is 0 Å². The predicted molar refractivity (Wildman–Crippen MR) is 107 cm³/mol. The van der Waals surface area contributed by atoms with Crippen LogP contribution in [-0.4, -0.2) is 29.5 Å². The minimum Gasteiger partial charge on any atom is -0.314 e. The molecule has 0 radical (unpaired) electrons. The topological polar surface area (TPSA) is 28.2 Å². The first kappa shape index (κ1) is 18.1. The quantitative estimate of drug-likeness (QED) is 0.737. The summed E-state index contributed by atoms with van der Waals surface area (Å²) in [7, 11) is 0. The van der Waals surface area contributed by atoms with Crippen LogP contribution in [-0.2, 0) is 6.54 Å². The van der Waals surface area contributed by atoms with E-state index in [1.807, 2.05) is 23.7 Å². The molecule has 0 amide bonds. The molecule has 1 atom stereocenters. The number of benzene rings is 1. The van der Waals surface area contributed by atoms with Crippen LogP contribution in [0, 0.1) is 0 Å². The Bertz CT molecular complexity index is 776. The molecule has 4 rings (SSSR count). The number of hydrogen-bond donors (Lipinski definition) is 1. The number of pyridine rings is 1. The second kappa shape index (κ2) is 8.59. The van der Waals surface area contributed by atoms with Crippen molar-refractivity contribution in [3.05, 3.63) is 76.7 Å². The molecule has 0 saturated carbocycles. The van der Waals surface area contributed by atoms with Gasteiger partial charge in [-0.3, -0.25) is 9.88 Å². The van der Waals surface area contributed by atoms with Crippen LogP contribution in [0.1, 0.15) is 16.5 Å². The van der Waals surface area contributed by atoms with Gasteiger partial charge in [-0.1, -0.05) is 30.3 Å². The third kappa shape index (κ3) is 4.28. The Morgan fingerprint density at radius 2 is 1.88 bits per heavy atom. The average molecular weight is 372 g/mol. The fourth-order valence-corrected chi connectivity index (χ4v) is 4.21. The van der Waals surface area contributed by atoms with E-state index in [9.17, 15) is 0 Å². The Hall–Kier alpha value is -1.72. The summed E-state index contributed by atoms with van der Waals surface area (Å²) in [6, 6.07) is 17.6. The number of thiophene rings is 1. The second-order valence-electron chi connectivity index (χ2n) is 6.14. The van der Waals surface area contributed by atoms with E-state index in [4.69, 9.17) is 0 Å². The zero-order valence-corrected chi connectivity index (χ0v) is 15.6. The molecule has 3 nitrogen and oxygen atoms in total. The molecule has 0 spiro atoms. The first-order valence-corrected chi connectivity index (χ1v) is 9.25. The minimum atomic E-state index is 0. The standard InChI is InChI=1S/C20H21N3S.ClH/c1-2-4-16(5-3-1)18-12-19(24-15-18)14-23-11-10-22-13-20(23)17-6-8-21-9-7-17;/h1-9,12,15,20,22H,10-11,13-14H2;1H. The Kier molecular flexibility index (Phi) is 6.21. The van der Waals surface area contributed by atoms with E-state index in [0.29, 0.717) is 6.04 Å². The van der Waals surface area contributed by atoms with Crippen LogP contribution in [0.3, 0.4) is 0 Å². The minimum absolute atomic E-state index is 0. The van der Waals surface area contributed by atoms with Crippen molar-refractivity contribution in [1.29, 1.82) is 0 Å². The molecule has 5 heteroatoms. The molecule has 1 aromatic carbocycles. The van der Waals surface area contributed by atoms with Crippen molar-refractivity contribution in [3.8, 4) is 11.1 Å². The summed E-state index contributed by atoms with van der Waals surface area (Å²) in [6.07, 6.45) is 3.78. The highest BCUT2D eigenvalue weighted by Crippen LogP contribution is 2.29. The van der Waals surface area contributed by atoms with Crippen molar-refractivity contribution in [3.63, 3.8) is 0 Å². The Labute approximate surface area is 159 Å². The number of hydrogen-bond acceptors (Lipinski definition) is 4. The fraction of sp³-hybridized carbons (Fsp3) is 0.250. The van der Waals surface area contributed by atoms with E-state index < -0.39 is 0 Å². The Morgan fingerprint density at radius 1 is 1.08 bits per heavy atom. The van der Waals surface area contributed by atoms with Gasteiger partial charge < -0.3 is 5.32 Å². The third-order valence-electron chi connectivity index (χ3n) is 4.56. The highest BCUT2D eigenvalue weighted by molar-refractivity contribution is 7.10. The maximum Gasteiger partial charge on any atom is 0.0478 e. The second-order valence-corrected chi connectivity index (χ2v) is 7.13. The number of nitrogens with zero attached hydrogens (tertiary/aromatic N) is 2. The van der Waals surface area contributed by atoms with Crippen LogP contribution in [0.15, 0.2) is 66.3 Å². The number of piperazine rings is 1. The summed E-state index contributed by atoms with van der Waals surface area (Å²) in [4.78, 5) is 8.15. The molecule has 25 heavy (non-hydrogen) atoms. The van der Waals surface area contributed by atoms with Crippen molar-refractivity contribution in [2.75, 3.05) is 19.6 Å². The van der Waals surface area contributed by atoms with Gasteiger partial charge >= 0.3 is 0 Å². The molecule has 1 N–H and O–H groups in total. The first-order valence-electron chi connectivity index (χ1n) is 8.38. The molecule has 3 aromatic rings. The number of nitrogens with one attached hydrogen (secondary N) is 1. The molecular weight excluding hydrogens is 350 g/mol. The number of halogens is 1. The highest BCUT2D eigenvalue weighted by atomic mass is 35.5. The van der Waals surface area contributed by atoms with E-state index in [2.05, 4.69) is 69.1 Å². The van der Waals surface area contributed by atoms with Crippen molar-refractivity contribution in [2.24, 2.45) is 0 Å². The lowest BCUT2D eigenvalue weighted by Crippen LogP contribution is -2.45. The summed E-state index contributed by atoms with van der Waals surface area (Å²) in [5.41, 5.74) is 3.97. The molecule has 0 aliphatic carbocycles. The van der Waals surface area contributed by atoms with E-state index in [-0.39, 0.29) is 12.4 Å². The molecule has 1 aliphatic rings. The van der Waals surface area contributed by atoms with Gasteiger partial charge in [-0.15, -0.1) is 23.7 Å². The van der Waals surface area contributed by atoms with Gasteiger partial charge in [0.1, 0.15) is 0 Å². The summed E-state index contributed by atoms with van der Waals surface area (Å²) in [6.45, 7) is 4.14. The van der Waals surface area contributed by atoms with Gasteiger partial charge in [0.25, 0.3) is 0 Å². The Balaban J connectivity index is 0.00000182. The van der Waals surface area contributed by atoms with Gasteiger partial charge in [0.05, 0.1) is 0 Å². The van der Waals surface area contributed by atoms with Gasteiger partial charge in [0.15, 0.2) is 0 Å². The zero-order chi connectivity index (χ0) is 16.2. The van der Waals surface area contributed by atoms with E-state index in [1.54, 1.807) is 0 Å². The lowest BCUT2D eigenvalue weighted by atomic mass is 10.0. The highest BCUT2D eigenvalue weighted by Gasteiger charge is 2.24. The molecule has 1 unspecified atom stereocenters. The summed E-state index contributed by atoms with van der Waals surface area (Å²) in [5.74, 6) is 0. The largest absolute Gasteiger partial charge is 0.314 e. The summed E-state index contributed by atoms with van der Waals surface area (Å²) in [5, 5.41) is 5.79. The molecule has 3 heterocycles. The predicted octanol–water partition coefficient (Wildman–Crippen LogP) is 4.38. The summed E-state index contributed by atoms with van der Waals surface area (Å²) >= 11 is 1.86. The van der Waals surface area contributed by atoms with Crippen molar-refractivity contribution in [1.82, 2.24) is 15.2 Å². The van der Waals surface area contributed by atoms with Crippen molar-refractivity contribution in [2.45, 2.75) is 12.6 Å². The lowest BCUT2D eigenvalue weighted by molar-refractivity contribution is 0.155. The zero-order valence-electron chi connectivity index (χ0n) is 14.0.